The van der Waals surface area contributed by atoms with Gasteiger partial charge in [-0.3, -0.25) is 9.59 Å². The van der Waals surface area contributed by atoms with Crippen molar-refractivity contribution in [1.29, 1.82) is 0 Å². The summed E-state index contributed by atoms with van der Waals surface area (Å²) in [6.07, 6.45) is 9.38. The number of aliphatic hydroxyl groups is 4. The van der Waals surface area contributed by atoms with Crippen LogP contribution in [0, 0.1) is 33.5 Å². The maximum atomic E-state index is 11.4. The van der Waals surface area contributed by atoms with Crippen molar-refractivity contribution in [3.63, 3.8) is 0 Å². The van der Waals surface area contributed by atoms with Crippen LogP contribution in [-0.2, 0) is 19.1 Å². The van der Waals surface area contributed by atoms with Crippen molar-refractivity contribution in [3.8, 4) is 0 Å². The summed E-state index contributed by atoms with van der Waals surface area (Å²) < 4.78 is 9.75. The quantitative estimate of drug-likeness (QED) is 0.105. The summed E-state index contributed by atoms with van der Waals surface area (Å²) in [6, 6.07) is 0. The number of carbonyl (C=O) groups is 2. The van der Waals surface area contributed by atoms with Crippen LogP contribution in [0.5, 0.6) is 0 Å². The molecule has 0 heterocycles. The fraction of sp³-hybridized carbons (Fsp3) is 0.762. The Morgan fingerprint density at radius 1 is 0.596 bits per heavy atom. The highest BCUT2D eigenvalue weighted by Crippen LogP contribution is 2.53. The van der Waals surface area contributed by atoms with Gasteiger partial charge in [-0.25, -0.2) is 0 Å². The zero-order valence-corrected chi connectivity index (χ0v) is 34.9. The third kappa shape index (κ3) is 14.5. The standard InChI is InChI=1S/2C18H30O3.C6H14O4/c2*1-12-10-13(8-9-15(19)20)11-14(16(2,3)4)18(12,21)17(5,6)7;7-1-3-9-5-6-10-4-2-8/h2*10-11,14,21H,8-9H2,1-7H3,(H,19,20);7-8H,1-6H2. The molecule has 4 unspecified atom stereocenters. The van der Waals surface area contributed by atoms with Gasteiger partial charge in [-0.1, -0.05) is 119 Å². The molecule has 0 aromatic rings. The molecule has 0 saturated carbocycles. The van der Waals surface area contributed by atoms with Crippen LogP contribution in [0.15, 0.2) is 46.6 Å². The molecule has 10 nitrogen and oxygen atoms in total. The summed E-state index contributed by atoms with van der Waals surface area (Å²) in [6.45, 7) is 30.7. The molecule has 302 valence electrons. The Kier molecular flexibility index (Phi) is 19.5. The first kappa shape index (κ1) is 49.7. The minimum Gasteiger partial charge on any atom is -0.481 e. The van der Waals surface area contributed by atoms with Gasteiger partial charge in [-0.15, -0.1) is 0 Å². The van der Waals surface area contributed by atoms with E-state index in [-0.39, 0.29) is 59.6 Å². The maximum absolute atomic E-state index is 11.4. The Hall–Kier alpha value is -2.34. The molecule has 10 heteroatoms. The number of hydrogen-bond acceptors (Lipinski definition) is 8. The lowest BCUT2D eigenvalue weighted by molar-refractivity contribution is -0.138. The van der Waals surface area contributed by atoms with Gasteiger partial charge in [0.05, 0.1) is 50.8 Å². The molecule has 0 amide bonds. The van der Waals surface area contributed by atoms with Gasteiger partial charge in [0, 0.05) is 24.7 Å². The SMILES string of the molecule is CC1=CC(CCC(=O)O)=CC(C(C)(C)C)C1(O)C(C)(C)C.CC1=CC(CCC(=O)O)=CC(C(C)(C)C)C1(O)C(C)(C)C.OCCOCCOCCO. The molecule has 4 atom stereocenters. The Morgan fingerprint density at radius 3 is 1.10 bits per heavy atom. The Balaban J connectivity index is 0.000000800. The van der Waals surface area contributed by atoms with Gasteiger partial charge < -0.3 is 40.1 Å². The second-order valence-corrected chi connectivity index (χ2v) is 18.3. The zero-order chi connectivity index (χ0) is 40.9. The van der Waals surface area contributed by atoms with E-state index in [1.807, 2.05) is 26.0 Å². The van der Waals surface area contributed by atoms with Gasteiger partial charge in [0.1, 0.15) is 0 Å². The molecule has 2 aliphatic carbocycles. The number of ether oxygens (including phenoxy) is 2. The fourth-order valence-electron chi connectivity index (χ4n) is 7.17. The predicted octanol–water partition coefficient (Wildman–Crippen LogP) is 7.36. The van der Waals surface area contributed by atoms with Crippen LogP contribution in [0.1, 0.15) is 123 Å². The number of aliphatic carboxylic acids is 2. The predicted molar refractivity (Wildman–Crippen MR) is 208 cm³/mol. The van der Waals surface area contributed by atoms with E-state index in [0.29, 0.717) is 39.3 Å². The van der Waals surface area contributed by atoms with Crippen molar-refractivity contribution in [1.82, 2.24) is 0 Å². The van der Waals surface area contributed by atoms with E-state index in [4.69, 9.17) is 29.9 Å². The average molecular weight is 739 g/mol. The lowest BCUT2D eigenvalue weighted by Crippen LogP contribution is -2.54. The van der Waals surface area contributed by atoms with E-state index in [1.54, 1.807) is 0 Å². The zero-order valence-electron chi connectivity index (χ0n) is 34.9. The van der Waals surface area contributed by atoms with Crippen LogP contribution in [0.3, 0.4) is 0 Å². The first-order chi connectivity index (χ1) is 23.5. The monoisotopic (exact) mass is 739 g/mol. The minimum absolute atomic E-state index is 0.0417. The number of allylic oxidation sites excluding steroid dienone is 4. The lowest BCUT2D eigenvalue weighted by Gasteiger charge is -2.52. The number of hydrogen-bond donors (Lipinski definition) is 6. The molecule has 52 heavy (non-hydrogen) atoms. The van der Waals surface area contributed by atoms with Crippen LogP contribution in [0.2, 0.25) is 0 Å². The molecule has 0 aromatic heterocycles. The van der Waals surface area contributed by atoms with Crippen molar-refractivity contribution >= 4 is 11.9 Å². The summed E-state index contributed by atoms with van der Waals surface area (Å²) in [4.78, 5) is 21.6. The van der Waals surface area contributed by atoms with Gasteiger partial charge in [0.15, 0.2) is 0 Å². The van der Waals surface area contributed by atoms with E-state index in [1.165, 1.54) is 0 Å². The first-order valence-electron chi connectivity index (χ1n) is 18.6. The van der Waals surface area contributed by atoms with E-state index >= 15 is 0 Å². The highest BCUT2D eigenvalue weighted by Gasteiger charge is 2.53. The van der Waals surface area contributed by atoms with E-state index < -0.39 is 23.1 Å². The summed E-state index contributed by atoms with van der Waals surface area (Å²) in [5.41, 5.74) is 1.26. The molecule has 0 aromatic carbocycles. The molecule has 2 aliphatic rings. The Labute approximate surface area is 314 Å². The van der Waals surface area contributed by atoms with Gasteiger partial charge in [0.25, 0.3) is 0 Å². The maximum Gasteiger partial charge on any atom is 0.303 e. The van der Waals surface area contributed by atoms with Gasteiger partial charge in [0.2, 0.25) is 0 Å². The van der Waals surface area contributed by atoms with Crippen LogP contribution < -0.4 is 0 Å². The van der Waals surface area contributed by atoms with Gasteiger partial charge >= 0.3 is 11.9 Å². The van der Waals surface area contributed by atoms with Crippen molar-refractivity contribution in [2.24, 2.45) is 33.5 Å². The highest BCUT2D eigenvalue weighted by molar-refractivity contribution is 5.67. The normalized spacial score (nSPS) is 23.9. The molecular weight excluding hydrogens is 664 g/mol. The highest BCUT2D eigenvalue weighted by atomic mass is 16.5. The summed E-state index contributed by atoms with van der Waals surface area (Å²) in [7, 11) is 0. The smallest absolute Gasteiger partial charge is 0.303 e. The summed E-state index contributed by atoms with van der Waals surface area (Å²) in [5, 5.41) is 57.1. The molecule has 6 N–H and O–H groups in total. The second-order valence-electron chi connectivity index (χ2n) is 18.3. The largest absolute Gasteiger partial charge is 0.481 e. The number of carboxylic acid groups (broad SMARTS) is 2. The van der Waals surface area contributed by atoms with Crippen LogP contribution >= 0.6 is 0 Å². The molecule has 0 spiro atoms. The first-order valence-corrected chi connectivity index (χ1v) is 18.6. The fourth-order valence-corrected chi connectivity index (χ4v) is 7.17. The third-order valence-corrected chi connectivity index (χ3v) is 9.92. The molecule has 0 aliphatic heterocycles. The van der Waals surface area contributed by atoms with Crippen LogP contribution in [0.4, 0.5) is 0 Å². The second kappa shape index (κ2) is 20.4. The topological polar surface area (TPSA) is 174 Å². The summed E-state index contributed by atoms with van der Waals surface area (Å²) in [5.74, 6) is -1.66. The van der Waals surface area contributed by atoms with E-state index in [9.17, 15) is 19.8 Å². The van der Waals surface area contributed by atoms with Gasteiger partial charge in [-0.05, 0) is 59.5 Å². The number of rotatable bonds is 13. The van der Waals surface area contributed by atoms with Gasteiger partial charge in [-0.2, -0.15) is 0 Å². The molecule has 0 bridgehead atoms. The average Bonchev–Trinajstić information content (AvgIpc) is 2.98. The molecular formula is C42H74O10. The number of carboxylic acids is 2. The molecule has 0 fully saturated rings. The van der Waals surface area contributed by atoms with E-state index in [0.717, 1.165) is 22.3 Å². The number of aliphatic hydroxyl groups excluding tert-OH is 2. The van der Waals surface area contributed by atoms with E-state index in [2.05, 4.69) is 95.2 Å². The minimum atomic E-state index is -0.919. The molecule has 0 saturated heterocycles. The Morgan fingerprint density at radius 2 is 0.885 bits per heavy atom. The van der Waals surface area contributed by atoms with Crippen molar-refractivity contribution in [3.05, 3.63) is 46.6 Å². The molecule has 2 rings (SSSR count). The molecule has 0 radical (unpaired) electrons. The lowest BCUT2D eigenvalue weighted by atomic mass is 9.56. The summed E-state index contributed by atoms with van der Waals surface area (Å²) >= 11 is 0. The van der Waals surface area contributed by atoms with Crippen molar-refractivity contribution < 1.29 is 49.7 Å². The van der Waals surface area contributed by atoms with Crippen molar-refractivity contribution in [2.75, 3.05) is 39.6 Å². The van der Waals surface area contributed by atoms with Crippen LogP contribution in [0.25, 0.3) is 0 Å². The Bertz CT molecular complexity index is 1170. The van der Waals surface area contributed by atoms with Crippen molar-refractivity contribution in [2.45, 2.75) is 134 Å². The third-order valence-electron chi connectivity index (χ3n) is 9.92. The van der Waals surface area contributed by atoms with Crippen LogP contribution in [-0.4, -0.2) is 93.4 Å².